The molecule has 2 aliphatic carbocycles. The van der Waals surface area contributed by atoms with E-state index in [-0.39, 0.29) is 30.2 Å². The fraction of sp³-hybridized carbons (Fsp3) is 0.632. The van der Waals surface area contributed by atoms with Gasteiger partial charge in [0, 0.05) is 19.1 Å². The van der Waals surface area contributed by atoms with Gasteiger partial charge in [0.2, 0.25) is 5.91 Å². The Morgan fingerprint density at radius 3 is 2.42 bits per heavy atom. The van der Waals surface area contributed by atoms with Gasteiger partial charge >= 0.3 is 0 Å². The van der Waals surface area contributed by atoms with Gasteiger partial charge in [0.15, 0.2) is 0 Å². The summed E-state index contributed by atoms with van der Waals surface area (Å²) in [6, 6.07) is 6.83. The van der Waals surface area contributed by atoms with E-state index in [1.807, 2.05) is 0 Å². The van der Waals surface area contributed by atoms with Crippen LogP contribution in [0.15, 0.2) is 24.3 Å². The molecule has 1 amide bonds. The second kappa shape index (κ2) is 6.64. The van der Waals surface area contributed by atoms with Crippen LogP contribution < -0.4 is 5.73 Å². The molecule has 2 saturated carbocycles. The number of halogens is 2. The minimum Gasteiger partial charge on any atom is -0.341 e. The molecule has 4 rings (SSSR count). The Labute approximate surface area is 149 Å². The fourth-order valence-electron chi connectivity index (χ4n) is 5.15. The van der Waals surface area contributed by atoms with Gasteiger partial charge in [0.25, 0.3) is 0 Å². The predicted molar refractivity (Wildman–Crippen MR) is 94.6 cm³/mol. The van der Waals surface area contributed by atoms with Crippen molar-refractivity contribution >= 4 is 18.3 Å². The molecule has 2 N–H and O–H groups in total. The van der Waals surface area contributed by atoms with Crippen molar-refractivity contribution in [3.8, 4) is 0 Å². The van der Waals surface area contributed by atoms with Crippen LogP contribution in [-0.2, 0) is 10.2 Å². The number of hydrogen-bond donors (Lipinski definition) is 1. The molecule has 1 saturated heterocycles. The Morgan fingerprint density at radius 1 is 1.12 bits per heavy atom. The van der Waals surface area contributed by atoms with Crippen LogP contribution in [-0.4, -0.2) is 29.9 Å². The van der Waals surface area contributed by atoms with Gasteiger partial charge in [-0.25, -0.2) is 4.39 Å². The molecule has 3 unspecified atom stereocenters. The first-order chi connectivity index (χ1) is 11.1. The third-order valence-electron chi connectivity index (χ3n) is 6.46. The number of rotatable bonds is 2. The molecule has 3 nitrogen and oxygen atoms in total. The maximum Gasteiger partial charge on any atom is 0.233 e. The summed E-state index contributed by atoms with van der Waals surface area (Å²) < 4.78 is 13.3. The van der Waals surface area contributed by atoms with Gasteiger partial charge in [0.05, 0.1) is 5.41 Å². The summed E-state index contributed by atoms with van der Waals surface area (Å²) in [6.07, 6.45) is 6.16. The third-order valence-corrected chi connectivity index (χ3v) is 6.46. The highest BCUT2D eigenvalue weighted by Crippen LogP contribution is 2.45. The number of fused-ring (bicyclic) bond motifs is 1. The summed E-state index contributed by atoms with van der Waals surface area (Å²) in [4.78, 5) is 15.4. The normalized spacial score (nSPS) is 30.9. The van der Waals surface area contributed by atoms with Crippen molar-refractivity contribution in [2.24, 2.45) is 17.6 Å². The summed E-state index contributed by atoms with van der Waals surface area (Å²) in [5.74, 6) is 1.07. The smallest absolute Gasteiger partial charge is 0.233 e. The first-order valence-corrected chi connectivity index (χ1v) is 8.91. The molecule has 132 valence electrons. The molecule has 5 heteroatoms. The molecule has 3 atom stereocenters. The third kappa shape index (κ3) is 2.74. The molecule has 24 heavy (non-hydrogen) atoms. The fourth-order valence-corrected chi connectivity index (χ4v) is 5.15. The van der Waals surface area contributed by atoms with Gasteiger partial charge in [0.1, 0.15) is 5.82 Å². The number of nitrogens with zero attached hydrogens (tertiary/aromatic N) is 1. The van der Waals surface area contributed by atoms with Crippen molar-refractivity contribution < 1.29 is 9.18 Å². The van der Waals surface area contributed by atoms with Crippen molar-refractivity contribution in [1.82, 2.24) is 4.90 Å². The summed E-state index contributed by atoms with van der Waals surface area (Å²) in [5, 5.41) is 0. The van der Waals surface area contributed by atoms with E-state index in [1.165, 1.54) is 12.1 Å². The largest absolute Gasteiger partial charge is 0.341 e. The van der Waals surface area contributed by atoms with Gasteiger partial charge in [-0.05, 0) is 55.2 Å². The van der Waals surface area contributed by atoms with Crippen molar-refractivity contribution in [3.63, 3.8) is 0 Å². The van der Waals surface area contributed by atoms with Crippen LogP contribution in [0.5, 0.6) is 0 Å². The van der Waals surface area contributed by atoms with E-state index in [0.29, 0.717) is 11.8 Å². The van der Waals surface area contributed by atoms with Crippen LogP contribution in [0.4, 0.5) is 4.39 Å². The number of likely N-dealkylation sites (tertiary alicyclic amines) is 1. The maximum atomic E-state index is 13.4. The van der Waals surface area contributed by atoms with E-state index in [0.717, 1.165) is 57.2 Å². The van der Waals surface area contributed by atoms with Gasteiger partial charge in [-0.15, -0.1) is 12.4 Å². The summed E-state index contributed by atoms with van der Waals surface area (Å²) in [6.45, 7) is 1.67. The highest BCUT2D eigenvalue weighted by Gasteiger charge is 2.49. The number of nitrogens with two attached hydrogens (primary N) is 1. The second-order valence-corrected chi connectivity index (χ2v) is 7.67. The summed E-state index contributed by atoms with van der Waals surface area (Å²) in [5.41, 5.74) is 6.77. The van der Waals surface area contributed by atoms with Gasteiger partial charge in [-0.3, -0.25) is 4.79 Å². The first kappa shape index (κ1) is 17.7. The molecule has 3 aliphatic rings. The van der Waals surface area contributed by atoms with Crippen LogP contribution >= 0.6 is 12.4 Å². The molecule has 0 bridgehead atoms. The lowest BCUT2D eigenvalue weighted by atomic mass is 9.77. The van der Waals surface area contributed by atoms with Gasteiger partial charge in [-0.2, -0.15) is 0 Å². The molecule has 0 aromatic heterocycles. The molecule has 1 aromatic rings. The van der Waals surface area contributed by atoms with E-state index in [1.54, 1.807) is 12.1 Å². The van der Waals surface area contributed by atoms with Crippen molar-refractivity contribution in [2.45, 2.75) is 50.0 Å². The van der Waals surface area contributed by atoms with Crippen LogP contribution in [0.2, 0.25) is 0 Å². The number of hydrogen-bond acceptors (Lipinski definition) is 2. The lowest BCUT2D eigenvalue weighted by molar-refractivity contribution is -0.136. The Balaban J connectivity index is 0.00000169. The molecule has 3 fully saturated rings. The lowest BCUT2D eigenvalue weighted by Gasteiger charge is -2.33. The van der Waals surface area contributed by atoms with Crippen LogP contribution in [0.25, 0.3) is 0 Å². The summed E-state index contributed by atoms with van der Waals surface area (Å²) in [7, 11) is 0. The number of carbonyl (C=O) groups is 1. The van der Waals surface area contributed by atoms with E-state index < -0.39 is 5.41 Å². The zero-order chi connectivity index (χ0) is 16.0. The first-order valence-electron chi connectivity index (χ1n) is 8.91. The standard InChI is InChI=1S/C19H25FN2O.ClH/c20-15-6-4-14(5-7-15)19(9-1-2-10-19)18(23)22-11-13-3-8-17(21)16(13)12-22;/h4-7,13,16-17H,1-3,8-12,21H2;1H. The zero-order valence-electron chi connectivity index (χ0n) is 13.9. The van der Waals surface area contributed by atoms with Gasteiger partial charge < -0.3 is 10.6 Å². The molecule has 1 aliphatic heterocycles. The molecular formula is C19H26ClFN2O. The minimum atomic E-state index is -0.434. The molecular weight excluding hydrogens is 327 g/mol. The molecule has 0 spiro atoms. The number of benzene rings is 1. The van der Waals surface area contributed by atoms with E-state index in [2.05, 4.69) is 4.90 Å². The predicted octanol–water partition coefficient (Wildman–Crippen LogP) is 3.26. The quantitative estimate of drug-likeness (QED) is 0.888. The number of carbonyl (C=O) groups excluding carboxylic acids is 1. The lowest BCUT2D eigenvalue weighted by Crippen LogP contribution is -2.45. The average molecular weight is 353 g/mol. The number of amides is 1. The monoisotopic (exact) mass is 352 g/mol. The Morgan fingerprint density at radius 2 is 1.79 bits per heavy atom. The minimum absolute atomic E-state index is 0. The van der Waals surface area contributed by atoms with E-state index in [4.69, 9.17) is 5.73 Å². The molecule has 0 radical (unpaired) electrons. The average Bonchev–Trinajstić information content (AvgIpc) is 3.26. The van der Waals surface area contributed by atoms with Crippen LogP contribution in [0, 0.1) is 17.7 Å². The van der Waals surface area contributed by atoms with Crippen molar-refractivity contribution in [2.75, 3.05) is 13.1 Å². The highest BCUT2D eigenvalue weighted by molar-refractivity contribution is 5.89. The Hall–Kier alpha value is -1.13. The summed E-state index contributed by atoms with van der Waals surface area (Å²) >= 11 is 0. The van der Waals surface area contributed by atoms with Crippen LogP contribution in [0.3, 0.4) is 0 Å². The topological polar surface area (TPSA) is 46.3 Å². The Bertz CT molecular complexity index is 600. The second-order valence-electron chi connectivity index (χ2n) is 7.67. The van der Waals surface area contributed by atoms with Crippen molar-refractivity contribution in [1.29, 1.82) is 0 Å². The van der Waals surface area contributed by atoms with E-state index >= 15 is 0 Å². The van der Waals surface area contributed by atoms with Crippen LogP contribution in [0.1, 0.15) is 44.1 Å². The Kier molecular flexibility index (Phi) is 4.89. The molecule has 1 aromatic carbocycles. The SMILES string of the molecule is Cl.NC1CCC2CN(C(=O)C3(c4ccc(F)cc4)CCCC3)CC12. The maximum absolute atomic E-state index is 13.4. The highest BCUT2D eigenvalue weighted by atomic mass is 35.5. The zero-order valence-corrected chi connectivity index (χ0v) is 14.7. The van der Waals surface area contributed by atoms with Crippen molar-refractivity contribution in [3.05, 3.63) is 35.6 Å². The van der Waals surface area contributed by atoms with Gasteiger partial charge in [-0.1, -0.05) is 25.0 Å². The van der Waals surface area contributed by atoms with E-state index in [9.17, 15) is 9.18 Å². The molecule has 1 heterocycles.